The second kappa shape index (κ2) is 14.7. The predicted molar refractivity (Wildman–Crippen MR) is 135 cm³/mol. The molecule has 1 saturated heterocycles. The van der Waals surface area contributed by atoms with Gasteiger partial charge in [-0.25, -0.2) is 4.98 Å². The standard InChI is InChI=1S/C28H47N3O/c1-3-4-5-6-7-8-9-10-11-12-13-14-15-16-25-17-18-26(32-25)20-22-31-24(2)30-27-23-29-21-19-28(27)31/h19,21,23,25-26H,3-18,20,22H2,1-2H3. The maximum Gasteiger partial charge on any atom is 0.107 e. The summed E-state index contributed by atoms with van der Waals surface area (Å²) >= 11 is 0. The van der Waals surface area contributed by atoms with Crippen molar-refractivity contribution in [2.45, 2.75) is 142 Å². The fraction of sp³-hybridized carbons (Fsp3) is 0.786. The zero-order valence-electron chi connectivity index (χ0n) is 20.9. The van der Waals surface area contributed by atoms with Crippen LogP contribution in [0.4, 0.5) is 0 Å². The van der Waals surface area contributed by atoms with Crippen LogP contribution in [0.25, 0.3) is 11.0 Å². The maximum atomic E-state index is 6.37. The SMILES string of the molecule is CCCCCCCCCCCCCCCC1CCC(CCn2c(C)nc3cnccc32)O1. The van der Waals surface area contributed by atoms with Crippen LogP contribution >= 0.6 is 0 Å². The van der Waals surface area contributed by atoms with Gasteiger partial charge in [0, 0.05) is 12.7 Å². The number of imidazole rings is 1. The highest BCUT2D eigenvalue weighted by Crippen LogP contribution is 2.27. The fourth-order valence-electron chi connectivity index (χ4n) is 5.25. The summed E-state index contributed by atoms with van der Waals surface area (Å²) in [6, 6.07) is 2.07. The first-order valence-corrected chi connectivity index (χ1v) is 13.7. The van der Waals surface area contributed by atoms with E-state index in [1.807, 2.05) is 12.4 Å². The number of aromatic nitrogens is 3. The largest absolute Gasteiger partial charge is 0.375 e. The average molecular weight is 442 g/mol. The lowest BCUT2D eigenvalue weighted by Gasteiger charge is -2.15. The summed E-state index contributed by atoms with van der Waals surface area (Å²) in [6.45, 7) is 5.37. The normalized spacial score (nSPS) is 18.7. The minimum Gasteiger partial charge on any atom is -0.375 e. The number of aryl methyl sites for hydroxylation is 2. The Morgan fingerprint density at radius 3 is 2.09 bits per heavy atom. The molecule has 2 atom stereocenters. The van der Waals surface area contributed by atoms with E-state index in [-0.39, 0.29) is 0 Å². The Kier molecular flexibility index (Phi) is 11.6. The fourth-order valence-corrected chi connectivity index (χ4v) is 5.25. The van der Waals surface area contributed by atoms with Crippen LogP contribution in [0, 0.1) is 6.92 Å². The van der Waals surface area contributed by atoms with Crippen molar-refractivity contribution in [1.29, 1.82) is 0 Å². The molecule has 32 heavy (non-hydrogen) atoms. The van der Waals surface area contributed by atoms with Gasteiger partial charge >= 0.3 is 0 Å². The van der Waals surface area contributed by atoms with E-state index in [2.05, 4.69) is 34.4 Å². The minimum atomic E-state index is 0.417. The van der Waals surface area contributed by atoms with Crippen molar-refractivity contribution in [3.63, 3.8) is 0 Å². The molecule has 4 heteroatoms. The molecule has 1 aliphatic rings. The van der Waals surface area contributed by atoms with E-state index in [1.54, 1.807) is 0 Å². The molecule has 0 spiro atoms. The molecular formula is C28H47N3O. The van der Waals surface area contributed by atoms with E-state index >= 15 is 0 Å². The van der Waals surface area contributed by atoms with Crippen molar-refractivity contribution < 1.29 is 4.74 Å². The number of ether oxygens (including phenoxy) is 1. The molecule has 3 heterocycles. The smallest absolute Gasteiger partial charge is 0.107 e. The van der Waals surface area contributed by atoms with E-state index < -0.39 is 0 Å². The van der Waals surface area contributed by atoms with Gasteiger partial charge < -0.3 is 9.30 Å². The number of hydrogen-bond acceptors (Lipinski definition) is 3. The van der Waals surface area contributed by atoms with Crippen molar-refractivity contribution in [1.82, 2.24) is 14.5 Å². The molecule has 0 aliphatic carbocycles. The Balaban J connectivity index is 1.17. The van der Waals surface area contributed by atoms with Crippen LogP contribution in [0.3, 0.4) is 0 Å². The summed E-state index contributed by atoms with van der Waals surface area (Å²) in [6.07, 6.45) is 27.9. The quantitative estimate of drug-likeness (QED) is 0.232. The lowest BCUT2D eigenvalue weighted by Crippen LogP contribution is -2.14. The van der Waals surface area contributed by atoms with Crippen molar-refractivity contribution in [3.05, 3.63) is 24.3 Å². The van der Waals surface area contributed by atoms with Gasteiger partial charge in [-0.3, -0.25) is 4.98 Å². The first kappa shape index (κ1) is 25.2. The molecule has 3 rings (SSSR count). The number of nitrogens with zero attached hydrogens (tertiary/aromatic N) is 3. The molecular weight excluding hydrogens is 394 g/mol. The van der Waals surface area contributed by atoms with Gasteiger partial charge in [0.1, 0.15) is 11.3 Å². The molecule has 0 saturated carbocycles. The van der Waals surface area contributed by atoms with Crippen LogP contribution in [-0.2, 0) is 11.3 Å². The van der Waals surface area contributed by atoms with E-state index in [4.69, 9.17) is 4.74 Å². The Morgan fingerprint density at radius 1 is 0.844 bits per heavy atom. The number of unbranched alkanes of at least 4 members (excludes halogenated alkanes) is 12. The minimum absolute atomic E-state index is 0.417. The molecule has 180 valence electrons. The van der Waals surface area contributed by atoms with Crippen LogP contribution in [0.15, 0.2) is 18.5 Å². The summed E-state index contributed by atoms with van der Waals surface area (Å²) in [7, 11) is 0. The number of hydrogen-bond donors (Lipinski definition) is 0. The monoisotopic (exact) mass is 441 g/mol. The molecule has 1 aliphatic heterocycles. The third-order valence-corrected chi connectivity index (χ3v) is 7.24. The third-order valence-electron chi connectivity index (χ3n) is 7.24. The zero-order valence-corrected chi connectivity index (χ0v) is 20.9. The number of fused-ring (bicyclic) bond motifs is 1. The Morgan fingerprint density at radius 2 is 1.44 bits per heavy atom. The van der Waals surface area contributed by atoms with Gasteiger partial charge in [0.05, 0.1) is 23.9 Å². The van der Waals surface area contributed by atoms with Gasteiger partial charge in [-0.15, -0.1) is 0 Å². The van der Waals surface area contributed by atoms with Crippen molar-refractivity contribution in [2.24, 2.45) is 0 Å². The van der Waals surface area contributed by atoms with Crippen LogP contribution in [0.1, 0.15) is 122 Å². The van der Waals surface area contributed by atoms with Gasteiger partial charge in [0.15, 0.2) is 0 Å². The molecule has 0 amide bonds. The van der Waals surface area contributed by atoms with Crippen LogP contribution in [-0.4, -0.2) is 26.7 Å². The van der Waals surface area contributed by atoms with E-state index in [1.165, 1.54) is 108 Å². The second-order valence-electron chi connectivity index (χ2n) is 9.95. The molecule has 0 N–H and O–H groups in total. The molecule has 0 aromatic carbocycles. The summed E-state index contributed by atoms with van der Waals surface area (Å²) in [5.74, 6) is 1.08. The van der Waals surface area contributed by atoms with Crippen LogP contribution in [0.2, 0.25) is 0 Å². The summed E-state index contributed by atoms with van der Waals surface area (Å²) in [4.78, 5) is 8.82. The molecule has 1 fully saturated rings. The third kappa shape index (κ3) is 8.50. The number of pyridine rings is 1. The summed E-state index contributed by atoms with van der Waals surface area (Å²) < 4.78 is 8.69. The maximum absolute atomic E-state index is 6.37. The Hall–Kier alpha value is -1.42. The second-order valence-corrected chi connectivity index (χ2v) is 9.95. The molecule has 0 radical (unpaired) electrons. The van der Waals surface area contributed by atoms with Gasteiger partial charge in [-0.05, 0) is 38.7 Å². The van der Waals surface area contributed by atoms with E-state index in [9.17, 15) is 0 Å². The highest BCUT2D eigenvalue weighted by molar-refractivity contribution is 5.74. The molecule has 2 aromatic heterocycles. The summed E-state index contributed by atoms with van der Waals surface area (Å²) in [5, 5.41) is 0. The van der Waals surface area contributed by atoms with Gasteiger partial charge in [-0.1, -0.05) is 90.4 Å². The van der Waals surface area contributed by atoms with Gasteiger partial charge in [-0.2, -0.15) is 0 Å². The van der Waals surface area contributed by atoms with Crippen molar-refractivity contribution in [2.75, 3.05) is 0 Å². The lowest BCUT2D eigenvalue weighted by atomic mass is 10.0. The lowest BCUT2D eigenvalue weighted by molar-refractivity contribution is 0.0327. The highest BCUT2D eigenvalue weighted by Gasteiger charge is 2.24. The summed E-state index contributed by atoms with van der Waals surface area (Å²) in [5.41, 5.74) is 2.19. The predicted octanol–water partition coefficient (Wildman–Crippen LogP) is 8.16. The zero-order chi connectivity index (χ0) is 22.4. The highest BCUT2D eigenvalue weighted by atomic mass is 16.5. The van der Waals surface area contributed by atoms with Crippen molar-refractivity contribution in [3.8, 4) is 0 Å². The topological polar surface area (TPSA) is 39.9 Å². The first-order valence-electron chi connectivity index (χ1n) is 13.7. The molecule has 4 nitrogen and oxygen atoms in total. The van der Waals surface area contributed by atoms with Crippen LogP contribution in [0.5, 0.6) is 0 Å². The average Bonchev–Trinajstić information content (AvgIpc) is 3.38. The Labute approximate surface area is 196 Å². The number of rotatable bonds is 17. The van der Waals surface area contributed by atoms with Gasteiger partial charge in [0.25, 0.3) is 0 Å². The molecule has 0 bridgehead atoms. The van der Waals surface area contributed by atoms with Gasteiger partial charge in [0.2, 0.25) is 0 Å². The molecule has 2 aromatic rings. The van der Waals surface area contributed by atoms with E-state index in [0.29, 0.717) is 12.2 Å². The first-order chi connectivity index (χ1) is 15.8. The van der Waals surface area contributed by atoms with Crippen LogP contribution < -0.4 is 0 Å². The molecule has 2 unspecified atom stereocenters. The van der Waals surface area contributed by atoms with E-state index in [0.717, 1.165) is 24.3 Å². The Bertz CT molecular complexity index is 756. The van der Waals surface area contributed by atoms with Crippen molar-refractivity contribution >= 4 is 11.0 Å².